The Kier molecular flexibility index (Phi) is 4.49. The van der Waals surface area contributed by atoms with E-state index in [4.69, 9.17) is 0 Å². The summed E-state index contributed by atoms with van der Waals surface area (Å²) in [5.41, 5.74) is 2.90. The molecule has 0 aliphatic heterocycles. The Hall–Kier alpha value is -1.60. The molecule has 2 aromatic carbocycles. The third kappa shape index (κ3) is 3.71. The van der Waals surface area contributed by atoms with Crippen LogP contribution in [-0.2, 0) is 6.42 Å². The first-order chi connectivity index (χ1) is 9.93. The van der Waals surface area contributed by atoms with E-state index < -0.39 is 0 Å². The van der Waals surface area contributed by atoms with Crippen molar-refractivity contribution in [2.45, 2.75) is 31.7 Å². The number of nitrogens with one attached hydrogen (secondary N) is 1. The molecule has 2 aromatic rings. The van der Waals surface area contributed by atoms with Gasteiger partial charge in [-0.2, -0.15) is 0 Å². The molecule has 1 N–H and O–H groups in total. The van der Waals surface area contributed by atoms with Crippen LogP contribution in [0.4, 0.5) is 0 Å². The molecule has 0 heterocycles. The molecule has 1 fully saturated rings. The molecule has 0 amide bonds. The molecule has 1 nitrogen and oxygen atoms in total. The highest BCUT2D eigenvalue weighted by atomic mass is 14.9. The second kappa shape index (κ2) is 6.71. The maximum absolute atomic E-state index is 3.77. The third-order valence-corrected chi connectivity index (χ3v) is 4.10. The van der Waals surface area contributed by atoms with E-state index in [1.165, 1.54) is 36.8 Å². The van der Waals surface area contributed by atoms with E-state index in [2.05, 4.69) is 66.0 Å². The van der Waals surface area contributed by atoms with Crippen molar-refractivity contribution in [1.29, 1.82) is 0 Å². The second-order valence-corrected chi connectivity index (χ2v) is 5.77. The van der Waals surface area contributed by atoms with Crippen LogP contribution in [0.2, 0.25) is 0 Å². The van der Waals surface area contributed by atoms with Crippen LogP contribution in [0, 0.1) is 5.92 Å². The first kappa shape index (κ1) is 13.4. The van der Waals surface area contributed by atoms with Gasteiger partial charge in [0.05, 0.1) is 0 Å². The van der Waals surface area contributed by atoms with E-state index in [1.807, 2.05) is 0 Å². The lowest BCUT2D eigenvalue weighted by Crippen LogP contribution is -2.24. The fraction of sp³-hybridized carbons (Fsp3) is 0.368. The lowest BCUT2D eigenvalue weighted by molar-refractivity contribution is 0.475. The van der Waals surface area contributed by atoms with Gasteiger partial charge in [-0.05, 0) is 49.3 Å². The Morgan fingerprint density at radius 1 is 0.900 bits per heavy atom. The molecule has 104 valence electrons. The fourth-order valence-corrected chi connectivity index (χ4v) is 2.84. The monoisotopic (exact) mass is 265 g/mol. The van der Waals surface area contributed by atoms with Crippen LogP contribution in [0.25, 0.3) is 0 Å². The highest BCUT2D eigenvalue weighted by Crippen LogP contribution is 2.40. The average molecular weight is 265 g/mol. The van der Waals surface area contributed by atoms with Crippen LogP contribution < -0.4 is 5.32 Å². The first-order valence-corrected chi connectivity index (χ1v) is 7.76. The third-order valence-electron chi connectivity index (χ3n) is 4.10. The van der Waals surface area contributed by atoms with Crippen molar-refractivity contribution in [3.63, 3.8) is 0 Å². The van der Waals surface area contributed by atoms with E-state index in [0.717, 1.165) is 12.5 Å². The number of hydrogen-bond donors (Lipinski definition) is 1. The summed E-state index contributed by atoms with van der Waals surface area (Å²) in [4.78, 5) is 0. The Balaban J connectivity index is 1.49. The molecule has 0 bridgehead atoms. The standard InChI is InChI=1S/C19H23N/c1-3-8-16(9-4-1)10-7-15-20-19(18-13-14-18)17-11-5-2-6-12-17/h1-6,8-9,11-12,18-20H,7,10,13-15H2. The smallest absolute Gasteiger partial charge is 0.0348 e. The van der Waals surface area contributed by atoms with Crippen LogP contribution in [-0.4, -0.2) is 6.54 Å². The van der Waals surface area contributed by atoms with Gasteiger partial charge in [-0.25, -0.2) is 0 Å². The molecule has 1 saturated carbocycles. The number of rotatable bonds is 7. The maximum atomic E-state index is 3.77. The second-order valence-electron chi connectivity index (χ2n) is 5.77. The summed E-state index contributed by atoms with van der Waals surface area (Å²) in [6.45, 7) is 1.10. The summed E-state index contributed by atoms with van der Waals surface area (Å²) in [5, 5.41) is 3.77. The van der Waals surface area contributed by atoms with Crippen molar-refractivity contribution in [3.05, 3.63) is 71.8 Å². The van der Waals surface area contributed by atoms with Crippen LogP contribution in [0.1, 0.15) is 36.4 Å². The molecule has 1 aliphatic carbocycles. The Morgan fingerprint density at radius 2 is 1.55 bits per heavy atom. The zero-order valence-corrected chi connectivity index (χ0v) is 12.0. The Bertz CT molecular complexity index is 502. The van der Waals surface area contributed by atoms with Crippen molar-refractivity contribution in [3.8, 4) is 0 Å². The minimum Gasteiger partial charge on any atom is -0.310 e. The van der Waals surface area contributed by atoms with Crippen molar-refractivity contribution in [2.24, 2.45) is 5.92 Å². The zero-order valence-electron chi connectivity index (χ0n) is 12.0. The summed E-state index contributed by atoms with van der Waals surface area (Å²) in [7, 11) is 0. The molecule has 1 aliphatic rings. The van der Waals surface area contributed by atoms with Gasteiger partial charge >= 0.3 is 0 Å². The molecule has 3 rings (SSSR count). The largest absolute Gasteiger partial charge is 0.310 e. The predicted molar refractivity (Wildman–Crippen MR) is 84.7 cm³/mol. The van der Waals surface area contributed by atoms with Gasteiger partial charge in [0.25, 0.3) is 0 Å². The van der Waals surface area contributed by atoms with Gasteiger partial charge in [0.2, 0.25) is 0 Å². The van der Waals surface area contributed by atoms with Gasteiger partial charge in [-0.1, -0.05) is 60.7 Å². The number of benzene rings is 2. The number of aryl methyl sites for hydroxylation is 1. The molecule has 1 atom stereocenters. The fourth-order valence-electron chi connectivity index (χ4n) is 2.84. The van der Waals surface area contributed by atoms with Gasteiger partial charge in [0, 0.05) is 6.04 Å². The normalized spacial score (nSPS) is 16.0. The van der Waals surface area contributed by atoms with Gasteiger partial charge in [-0.3, -0.25) is 0 Å². The Labute approximate surface area is 122 Å². The molecular weight excluding hydrogens is 242 g/mol. The van der Waals surface area contributed by atoms with E-state index in [1.54, 1.807) is 0 Å². The summed E-state index contributed by atoms with van der Waals surface area (Å²) >= 11 is 0. The zero-order chi connectivity index (χ0) is 13.6. The van der Waals surface area contributed by atoms with E-state index in [-0.39, 0.29) is 0 Å². The Morgan fingerprint density at radius 3 is 2.20 bits per heavy atom. The summed E-state index contributed by atoms with van der Waals surface area (Å²) < 4.78 is 0. The van der Waals surface area contributed by atoms with E-state index >= 15 is 0 Å². The maximum Gasteiger partial charge on any atom is 0.0348 e. The average Bonchev–Trinajstić information content (AvgIpc) is 3.34. The lowest BCUT2D eigenvalue weighted by Gasteiger charge is -2.18. The minimum atomic E-state index is 0.562. The van der Waals surface area contributed by atoms with Gasteiger partial charge in [0.1, 0.15) is 0 Å². The van der Waals surface area contributed by atoms with Crippen molar-refractivity contribution in [1.82, 2.24) is 5.32 Å². The van der Waals surface area contributed by atoms with Crippen LogP contribution in [0.3, 0.4) is 0 Å². The topological polar surface area (TPSA) is 12.0 Å². The quantitative estimate of drug-likeness (QED) is 0.733. The molecule has 0 saturated heterocycles. The van der Waals surface area contributed by atoms with Crippen molar-refractivity contribution in [2.75, 3.05) is 6.54 Å². The predicted octanol–water partition coefficient (Wildman–Crippen LogP) is 4.36. The molecule has 0 radical (unpaired) electrons. The highest BCUT2D eigenvalue weighted by Gasteiger charge is 2.31. The summed E-state index contributed by atoms with van der Waals surface area (Å²) in [6, 6.07) is 22.2. The summed E-state index contributed by atoms with van der Waals surface area (Å²) in [6.07, 6.45) is 5.14. The first-order valence-electron chi connectivity index (χ1n) is 7.76. The SMILES string of the molecule is c1ccc(CCCNC(c2ccccc2)C2CC2)cc1. The van der Waals surface area contributed by atoms with Gasteiger partial charge in [-0.15, -0.1) is 0 Å². The van der Waals surface area contributed by atoms with Crippen molar-refractivity contribution < 1.29 is 0 Å². The minimum absolute atomic E-state index is 0.562. The van der Waals surface area contributed by atoms with E-state index in [9.17, 15) is 0 Å². The molecule has 20 heavy (non-hydrogen) atoms. The van der Waals surface area contributed by atoms with Crippen LogP contribution in [0.5, 0.6) is 0 Å². The van der Waals surface area contributed by atoms with Gasteiger partial charge in [0.15, 0.2) is 0 Å². The molecular formula is C19H23N. The van der Waals surface area contributed by atoms with E-state index in [0.29, 0.717) is 6.04 Å². The van der Waals surface area contributed by atoms with Crippen LogP contribution >= 0.6 is 0 Å². The molecule has 0 spiro atoms. The summed E-state index contributed by atoms with van der Waals surface area (Å²) in [5.74, 6) is 0.856. The van der Waals surface area contributed by atoms with Crippen molar-refractivity contribution >= 4 is 0 Å². The van der Waals surface area contributed by atoms with Gasteiger partial charge < -0.3 is 5.32 Å². The number of hydrogen-bond acceptors (Lipinski definition) is 1. The lowest BCUT2D eigenvalue weighted by atomic mass is 10.0. The highest BCUT2D eigenvalue weighted by molar-refractivity contribution is 5.21. The molecule has 0 aromatic heterocycles. The molecule has 1 heteroatoms. The van der Waals surface area contributed by atoms with Crippen LogP contribution in [0.15, 0.2) is 60.7 Å². The molecule has 1 unspecified atom stereocenters.